The van der Waals surface area contributed by atoms with Gasteiger partial charge in [-0.15, -0.1) is 0 Å². The van der Waals surface area contributed by atoms with E-state index in [4.69, 9.17) is 9.84 Å². The van der Waals surface area contributed by atoms with Crippen molar-refractivity contribution in [1.29, 1.82) is 0 Å². The van der Waals surface area contributed by atoms with Gasteiger partial charge in [0.25, 0.3) is 0 Å². The number of hydrogen-bond donors (Lipinski definition) is 1. The normalized spacial score (nSPS) is 15.1. The highest BCUT2D eigenvalue weighted by molar-refractivity contribution is 5.88. The van der Waals surface area contributed by atoms with E-state index in [1.807, 2.05) is 0 Å². The van der Waals surface area contributed by atoms with Crippen molar-refractivity contribution >= 4 is 5.97 Å². The van der Waals surface area contributed by atoms with E-state index < -0.39 is 5.97 Å². The van der Waals surface area contributed by atoms with Crippen molar-refractivity contribution in [2.24, 2.45) is 0 Å². The van der Waals surface area contributed by atoms with Crippen LogP contribution in [-0.4, -0.2) is 17.7 Å². The van der Waals surface area contributed by atoms with Gasteiger partial charge in [-0.2, -0.15) is 0 Å². The third-order valence-electron chi connectivity index (χ3n) is 2.49. The molecule has 15 heavy (non-hydrogen) atoms. The highest BCUT2D eigenvalue weighted by atomic mass is 16.5. The summed E-state index contributed by atoms with van der Waals surface area (Å²) < 4.78 is 5.50. The molecule has 1 aromatic rings. The first-order chi connectivity index (χ1) is 7.16. The Hall–Kier alpha value is -1.77. The molecule has 3 nitrogen and oxygen atoms in total. The molecule has 1 N–H and O–H groups in total. The minimum atomic E-state index is -0.902. The number of rotatable bonds is 1. The molecule has 1 heterocycles. The van der Waals surface area contributed by atoms with Crippen LogP contribution in [0.25, 0.3) is 0 Å². The van der Waals surface area contributed by atoms with E-state index >= 15 is 0 Å². The maximum atomic E-state index is 10.8. The molecule has 0 saturated carbocycles. The molecule has 0 fully saturated rings. The number of carboxylic acid groups (broad SMARTS) is 1. The zero-order valence-electron chi connectivity index (χ0n) is 8.32. The fraction of sp³-hybridized carbons (Fsp3) is 0.250. The molecule has 1 aliphatic rings. The van der Waals surface area contributed by atoms with Gasteiger partial charge in [0.15, 0.2) is 0 Å². The smallest absolute Gasteiger partial charge is 0.335 e. The summed E-state index contributed by atoms with van der Waals surface area (Å²) in [5.41, 5.74) is 2.31. The van der Waals surface area contributed by atoms with Crippen LogP contribution >= 0.6 is 0 Å². The summed E-state index contributed by atoms with van der Waals surface area (Å²) >= 11 is 0. The Kier molecular flexibility index (Phi) is 2.46. The van der Waals surface area contributed by atoms with Crippen molar-refractivity contribution in [2.75, 3.05) is 6.61 Å². The molecule has 0 aromatic heterocycles. The Balaban J connectivity index is 2.36. The molecule has 3 heteroatoms. The topological polar surface area (TPSA) is 46.5 Å². The van der Waals surface area contributed by atoms with Crippen LogP contribution in [0.1, 0.15) is 22.3 Å². The summed E-state index contributed by atoms with van der Waals surface area (Å²) in [6, 6.07) is 4.96. The van der Waals surface area contributed by atoms with Crippen molar-refractivity contribution in [3.05, 3.63) is 41.5 Å². The Morgan fingerprint density at radius 1 is 1.40 bits per heavy atom. The largest absolute Gasteiger partial charge is 0.489 e. The van der Waals surface area contributed by atoms with Crippen LogP contribution in [0.5, 0.6) is 5.75 Å². The molecular weight excluding hydrogens is 192 g/mol. The molecule has 2 rings (SSSR count). The molecular formula is C12H12O3. The number of carboxylic acids is 1. The zero-order valence-corrected chi connectivity index (χ0v) is 8.32. The Morgan fingerprint density at radius 2 is 2.20 bits per heavy atom. The zero-order chi connectivity index (χ0) is 10.8. The van der Waals surface area contributed by atoms with Crippen LogP contribution in [-0.2, 0) is 6.42 Å². The van der Waals surface area contributed by atoms with Gasteiger partial charge in [-0.3, -0.25) is 0 Å². The van der Waals surface area contributed by atoms with Gasteiger partial charge in [-0.25, -0.2) is 4.79 Å². The molecule has 78 valence electrons. The van der Waals surface area contributed by atoms with E-state index in [9.17, 15) is 4.79 Å². The number of aryl methyl sites for hydroxylation is 1. The molecule has 0 amide bonds. The van der Waals surface area contributed by atoms with Gasteiger partial charge in [-0.05, 0) is 42.2 Å². The van der Waals surface area contributed by atoms with E-state index in [1.165, 1.54) is 0 Å². The molecule has 1 aliphatic heterocycles. The second kappa shape index (κ2) is 3.77. The van der Waals surface area contributed by atoms with E-state index in [0.29, 0.717) is 12.2 Å². The van der Waals surface area contributed by atoms with Crippen molar-refractivity contribution in [2.45, 2.75) is 12.8 Å². The maximum absolute atomic E-state index is 10.8. The third kappa shape index (κ3) is 2.01. The first-order valence-corrected chi connectivity index (χ1v) is 4.82. The quantitative estimate of drug-likeness (QED) is 0.714. The van der Waals surface area contributed by atoms with Crippen molar-refractivity contribution in [3.8, 4) is 5.75 Å². The van der Waals surface area contributed by atoms with Gasteiger partial charge >= 0.3 is 5.97 Å². The van der Waals surface area contributed by atoms with Crippen LogP contribution in [0.2, 0.25) is 0 Å². The standard InChI is InChI=1S/C12H12O3/c1-8-2-3-9-6-10(12(13)14)4-5-11(9)15-7-8/h4-6H,1-3,7H2,(H,13,14). The molecule has 0 spiro atoms. The summed E-state index contributed by atoms with van der Waals surface area (Å²) in [5.74, 6) is -0.125. The maximum Gasteiger partial charge on any atom is 0.335 e. The van der Waals surface area contributed by atoms with Crippen molar-refractivity contribution in [3.63, 3.8) is 0 Å². The second-order valence-electron chi connectivity index (χ2n) is 3.67. The van der Waals surface area contributed by atoms with E-state index in [-0.39, 0.29) is 0 Å². The molecule has 0 unspecified atom stereocenters. The predicted octanol–water partition coefficient (Wildman–Crippen LogP) is 2.27. The van der Waals surface area contributed by atoms with Gasteiger partial charge < -0.3 is 9.84 Å². The van der Waals surface area contributed by atoms with E-state index in [2.05, 4.69) is 6.58 Å². The second-order valence-corrected chi connectivity index (χ2v) is 3.67. The molecule has 1 aromatic carbocycles. The fourth-order valence-electron chi connectivity index (χ4n) is 1.61. The lowest BCUT2D eigenvalue weighted by Crippen LogP contribution is -2.00. The van der Waals surface area contributed by atoms with Crippen LogP contribution in [0.4, 0.5) is 0 Å². The summed E-state index contributed by atoms with van der Waals surface area (Å²) in [5, 5.41) is 8.85. The monoisotopic (exact) mass is 204 g/mol. The average Bonchev–Trinajstić information content (AvgIpc) is 2.40. The summed E-state index contributed by atoms with van der Waals surface area (Å²) in [6.07, 6.45) is 1.66. The molecule has 0 radical (unpaired) electrons. The van der Waals surface area contributed by atoms with Crippen LogP contribution in [0.3, 0.4) is 0 Å². The van der Waals surface area contributed by atoms with Crippen molar-refractivity contribution < 1.29 is 14.6 Å². The van der Waals surface area contributed by atoms with Gasteiger partial charge in [-0.1, -0.05) is 6.58 Å². The Morgan fingerprint density at radius 3 is 2.93 bits per heavy atom. The van der Waals surface area contributed by atoms with Crippen molar-refractivity contribution in [1.82, 2.24) is 0 Å². The van der Waals surface area contributed by atoms with Crippen LogP contribution in [0.15, 0.2) is 30.4 Å². The number of hydrogen-bond acceptors (Lipinski definition) is 2. The molecule has 0 atom stereocenters. The molecule has 0 saturated heterocycles. The lowest BCUT2D eigenvalue weighted by molar-refractivity contribution is 0.0696. The number of carbonyl (C=O) groups is 1. The summed E-state index contributed by atoms with van der Waals surface area (Å²) in [6.45, 7) is 4.40. The Labute approximate surface area is 88.0 Å². The molecule has 0 aliphatic carbocycles. The minimum absolute atomic E-state index is 0.310. The van der Waals surface area contributed by atoms with E-state index in [1.54, 1.807) is 18.2 Å². The number of ether oxygens (including phenoxy) is 1. The average molecular weight is 204 g/mol. The highest BCUT2D eigenvalue weighted by Crippen LogP contribution is 2.26. The summed E-state index contributed by atoms with van der Waals surface area (Å²) in [7, 11) is 0. The van der Waals surface area contributed by atoms with Gasteiger partial charge in [0, 0.05) is 0 Å². The predicted molar refractivity (Wildman–Crippen MR) is 56.4 cm³/mol. The third-order valence-corrected chi connectivity index (χ3v) is 2.49. The first-order valence-electron chi connectivity index (χ1n) is 4.82. The van der Waals surface area contributed by atoms with E-state index in [0.717, 1.165) is 29.7 Å². The van der Waals surface area contributed by atoms with Gasteiger partial charge in [0.2, 0.25) is 0 Å². The van der Waals surface area contributed by atoms with Gasteiger partial charge in [0.05, 0.1) is 5.56 Å². The highest BCUT2D eigenvalue weighted by Gasteiger charge is 2.13. The van der Waals surface area contributed by atoms with Crippen LogP contribution < -0.4 is 4.74 Å². The lowest BCUT2D eigenvalue weighted by atomic mass is 10.0. The first kappa shape index (κ1) is 9.77. The lowest BCUT2D eigenvalue weighted by Gasteiger charge is -2.06. The fourth-order valence-corrected chi connectivity index (χ4v) is 1.61. The number of benzene rings is 1. The summed E-state index contributed by atoms with van der Waals surface area (Å²) in [4.78, 5) is 10.8. The number of fused-ring (bicyclic) bond motifs is 1. The van der Waals surface area contributed by atoms with Crippen LogP contribution in [0, 0.1) is 0 Å². The van der Waals surface area contributed by atoms with Gasteiger partial charge in [0.1, 0.15) is 12.4 Å². The minimum Gasteiger partial charge on any atom is -0.489 e. The number of aromatic carboxylic acids is 1. The Bertz CT molecular complexity index is 421. The SMILES string of the molecule is C=C1CCc2cc(C(=O)O)ccc2OC1. The molecule has 0 bridgehead atoms.